The maximum atomic E-state index is 12.7. The van der Waals surface area contributed by atoms with Gasteiger partial charge in [0.1, 0.15) is 0 Å². The minimum Gasteiger partial charge on any atom is -0.493 e. The molecule has 182 valence electrons. The molecule has 0 unspecified atom stereocenters. The zero-order chi connectivity index (χ0) is 24.3. The minimum absolute atomic E-state index is 0.209. The third-order valence-electron chi connectivity index (χ3n) is 5.57. The molecule has 8 nitrogen and oxygen atoms in total. The lowest BCUT2D eigenvalue weighted by molar-refractivity contribution is 0.0800. The summed E-state index contributed by atoms with van der Waals surface area (Å²) in [5.74, 6) is 1.09. The van der Waals surface area contributed by atoms with Crippen molar-refractivity contribution in [3.63, 3.8) is 0 Å². The molecule has 0 aliphatic heterocycles. The number of rotatable bonds is 10. The van der Waals surface area contributed by atoms with Crippen LogP contribution >= 0.6 is 0 Å². The number of unbranched alkanes of at least 4 members (excludes halogenated alkanes) is 1. The number of hydrogen-bond donors (Lipinski definition) is 1. The van der Waals surface area contributed by atoms with Crippen molar-refractivity contribution in [2.45, 2.75) is 51.6 Å². The summed E-state index contributed by atoms with van der Waals surface area (Å²) in [7, 11) is 3.21. The number of ether oxygens (including phenoxy) is 3. The van der Waals surface area contributed by atoms with Crippen molar-refractivity contribution in [3.05, 3.63) is 53.6 Å². The van der Waals surface area contributed by atoms with E-state index in [9.17, 15) is 9.59 Å². The van der Waals surface area contributed by atoms with Crippen molar-refractivity contribution in [3.8, 4) is 11.5 Å². The zero-order valence-corrected chi connectivity index (χ0v) is 20.1. The molecule has 0 bridgehead atoms. The second kappa shape index (κ2) is 12.6. The van der Waals surface area contributed by atoms with Gasteiger partial charge in [-0.05, 0) is 80.1 Å². The van der Waals surface area contributed by atoms with Crippen LogP contribution in [0.2, 0.25) is 0 Å². The predicted molar refractivity (Wildman–Crippen MR) is 132 cm³/mol. The molecule has 1 aliphatic carbocycles. The van der Waals surface area contributed by atoms with Crippen molar-refractivity contribution >= 4 is 23.9 Å². The maximum Gasteiger partial charge on any atom is 0.411 e. The smallest absolute Gasteiger partial charge is 0.411 e. The molecule has 1 fully saturated rings. The Hall–Kier alpha value is -3.55. The molecular weight excluding hydrogens is 434 g/mol. The van der Waals surface area contributed by atoms with Gasteiger partial charge >= 0.3 is 6.09 Å². The highest BCUT2D eigenvalue weighted by Gasteiger charge is 2.18. The second-order valence-corrected chi connectivity index (χ2v) is 8.20. The summed E-state index contributed by atoms with van der Waals surface area (Å²) >= 11 is 0. The molecular formula is C26H33N3O5. The SMILES string of the molecule is CCCCOC(=O)Nc1ccc(C(=O)N(C)N=Cc2ccc(OC)c(OC3CCCC3)c2)cc1. The molecule has 2 aromatic rings. The summed E-state index contributed by atoms with van der Waals surface area (Å²) in [5, 5.41) is 8.20. The molecule has 1 N–H and O–H groups in total. The van der Waals surface area contributed by atoms with Gasteiger partial charge in [0.15, 0.2) is 11.5 Å². The molecule has 0 saturated heterocycles. The van der Waals surface area contributed by atoms with E-state index < -0.39 is 6.09 Å². The first-order chi connectivity index (χ1) is 16.5. The van der Waals surface area contributed by atoms with Gasteiger partial charge in [-0.15, -0.1) is 0 Å². The molecule has 34 heavy (non-hydrogen) atoms. The lowest BCUT2D eigenvalue weighted by atomic mass is 10.2. The quantitative estimate of drug-likeness (QED) is 0.284. The average molecular weight is 468 g/mol. The van der Waals surface area contributed by atoms with Crippen LogP contribution in [-0.4, -0.2) is 50.1 Å². The summed E-state index contributed by atoms with van der Waals surface area (Å²) in [5.41, 5.74) is 1.80. The molecule has 0 atom stereocenters. The number of anilines is 1. The number of carbonyl (C=O) groups excluding carboxylic acids is 2. The highest BCUT2D eigenvalue weighted by Crippen LogP contribution is 2.32. The van der Waals surface area contributed by atoms with Gasteiger partial charge in [-0.2, -0.15) is 5.10 Å². The Labute approximate surface area is 200 Å². The van der Waals surface area contributed by atoms with E-state index in [1.165, 1.54) is 17.9 Å². The number of benzene rings is 2. The van der Waals surface area contributed by atoms with Crippen molar-refractivity contribution < 1.29 is 23.8 Å². The summed E-state index contributed by atoms with van der Waals surface area (Å²) in [6, 6.07) is 12.2. The fraction of sp³-hybridized carbons (Fsp3) is 0.423. The van der Waals surface area contributed by atoms with Gasteiger partial charge in [-0.25, -0.2) is 9.80 Å². The van der Waals surface area contributed by atoms with E-state index in [-0.39, 0.29) is 12.0 Å². The van der Waals surface area contributed by atoms with Gasteiger partial charge in [0.2, 0.25) is 0 Å². The molecule has 0 aromatic heterocycles. The first-order valence-corrected chi connectivity index (χ1v) is 11.7. The second-order valence-electron chi connectivity index (χ2n) is 8.20. The summed E-state index contributed by atoms with van der Waals surface area (Å²) < 4.78 is 16.6. The van der Waals surface area contributed by atoms with Gasteiger partial charge < -0.3 is 14.2 Å². The Morgan fingerprint density at radius 1 is 1.12 bits per heavy atom. The van der Waals surface area contributed by atoms with E-state index in [0.717, 1.165) is 31.2 Å². The normalized spacial score (nSPS) is 13.6. The number of amides is 2. The van der Waals surface area contributed by atoms with Gasteiger partial charge in [-0.1, -0.05) is 13.3 Å². The lowest BCUT2D eigenvalue weighted by Crippen LogP contribution is -2.21. The molecule has 1 saturated carbocycles. The van der Waals surface area contributed by atoms with Crippen LogP contribution in [0.4, 0.5) is 10.5 Å². The van der Waals surface area contributed by atoms with Crippen LogP contribution in [0.3, 0.4) is 0 Å². The fourth-order valence-electron chi connectivity index (χ4n) is 3.60. The molecule has 2 amide bonds. The number of methoxy groups -OCH3 is 1. The fourth-order valence-corrected chi connectivity index (χ4v) is 3.60. The van der Waals surface area contributed by atoms with E-state index in [1.807, 2.05) is 25.1 Å². The largest absolute Gasteiger partial charge is 0.493 e. The van der Waals surface area contributed by atoms with Crippen LogP contribution in [0, 0.1) is 0 Å². The topological polar surface area (TPSA) is 89.5 Å². The summed E-state index contributed by atoms with van der Waals surface area (Å²) in [4.78, 5) is 24.5. The Morgan fingerprint density at radius 2 is 1.85 bits per heavy atom. The van der Waals surface area contributed by atoms with Gasteiger partial charge in [0, 0.05) is 18.3 Å². The lowest BCUT2D eigenvalue weighted by Gasteiger charge is -2.16. The first-order valence-electron chi connectivity index (χ1n) is 11.7. The average Bonchev–Trinajstić information content (AvgIpc) is 3.36. The van der Waals surface area contributed by atoms with E-state index in [1.54, 1.807) is 44.6 Å². The standard InChI is InChI=1S/C26H33N3O5/c1-4-5-16-33-26(31)28-21-13-11-20(12-14-21)25(30)29(2)27-18-19-10-15-23(32-3)24(17-19)34-22-8-6-7-9-22/h10-15,17-18,22H,4-9,16H2,1-3H3,(H,28,31). The molecule has 2 aromatic carbocycles. The number of hydrogen-bond acceptors (Lipinski definition) is 6. The zero-order valence-electron chi connectivity index (χ0n) is 20.1. The van der Waals surface area contributed by atoms with Crippen LogP contribution in [0.25, 0.3) is 0 Å². The van der Waals surface area contributed by atoms with Crippen LogP contribution in [-0.2, 0) is 4.74 Å². The number of nitrogens with zero attached hydrogens (tertiary/aromatic N) is 2. The molecule has 0 radical (unpaired) electrons. The molecule has 0 spiro atoms. The number of hydrazone groups is 1. The first kappa shape index (κ1) is 25.1. The minimum atomic E-state index is -0.509. The van der Waals surface area contributed by atoms with E-state index in [2.05, 4.69) is 10.4 Å². The third kappa shape index (κ3) is 7.23. The van der Waals surface area contributed by atoms with Crippen molar-refractivity contribution in [2.24, 2.45) is 5.10 Å². The summed E-state index contributed by atoms with van der Waals surface area (Å²) in [6.45, 7) is 2.40. The molecule has 8 heteroatoms. The van der Waals surface area contributed by atoms with E-state index in [0.29, 0.717) is 29.4 Å². The highest BCUT2D eigenvalue weighted by molar-refractivity contribution is 5.95. The number of nitrogens with one attached hydrogen (secondary N) is 1. The van der Waals surface area contributed by atoms with Gasteiger partial charge in [0.25, 0.3) is 5.91 Å². The van der Waals surface area contributed by atoms with Crippen LogP contribution in [0.1, 0.15) is 61.4 Å². The Bertz CT molecular complexity index is 984. The van der Waals surface area contributed by atoms with Crippen molar-refractivity contribution in [1.29, 1.82) is 0 Å². The number of carbonyl (C=O) groups is 2. The monoisotopic (exact) mass is 467 g/mol. The Kier molecular flexibility index (Phi) is 9.31. The van der Waals surface area contributed by atoms with Crippen molar-refractivity contribution in [2.75, 3.05) is 26.1 Å². The van der Waals surface area contributed by atoms with Crippen LogP contribution in [0.15, 0.2) is 47.6 Å². The van der Waals surface area contributed by atoms with E-state index >= 15 is 0 Å². The van der Waals surface area contributed by atoms with Crippen molar-refractivity contribution in [1.82, 2.24) is 5.01 Å². The highest BCUT2D eigenvalue weighted by atomic mass is 16.5. The maximum absolute atomic E-state index is 12.7. The van der Waals surface area contributed by atoms with E-state index in [4.69, 9.17) is 14.2 Å². The molecule has 0 heterocycles. The Morgan fingerprint density at radius 3 is 2.53 bits per heavy atom. The van der Waals surface area contributed by atoms with Gasteiger partial charge in [0.05, 0.1) is 26.0 Å². The summed E-state index contributed by atoms with van der Waals surface area (Å²) in [6.07, 6.45) is 7.54. The third-order valence-corrected chi connectivity index (χ3v) is 5.57. The predicted octanol–water partition coefficient (Wildman–Crippen LogP) is 5.47. The molecule has 3 rings (SSSR count). The Balaban J connectivity index is 1.59. The van der Waals surface area contributed by atoms with Crippen LogP contribution < -0.4 is 14.8 Å². The van der Waals surface area contributed by atoms with Gasteiger partial charge in [-0.3, -0.25) is 10.1 Å². The van der Waals surface area contributed by atoms with Crippen LogP contribution in [0.5, 0.6) is 11.5 Å². The molecule has 1 aliphatic rings.